The normalized spacial score (nSPS) is 11.4. The summed E-state index contributed by atoms with van der Waals surface area (Å²) < 4.78 is 29.8. The zero-order valence-electron chi connectivity index (χ0n) is 16.3. The van der Waals surface area contributed by atoms with Gasteiger partial charge in [-0.2, -0.15) is 13.9 Å². The van der Waals surface area contributed by atoms with Crippen molar-refractivity contribution >= 4 is 28.5 Å². The molecule has 154 valence electrons. The second kappa shape index (κ2) is 7.87. The van der Waals surface area contributed by atoms with Crippen LogP contribution in [0.25, 0.3) is 16.7 Å². The van der Waals surface area contributed by atoms with Gasteiger partial charge in [0.25, 0.3) is 5.91 Å². The van der Waals surface area contributed by atoms with Gasteiger partial charge in [0, 0.05) is 12.1 Å². The molecular formula is C21H18ClF2N5O. The van der Waals surface area contributed by atoms with Crippen LogP contribution in [0, 0.1) is 6.92 Å². The highest BCUT2D eigenvalue weighted by Crippen LogP contribution is 2.24. The Kier molecular flexibility index (Phi) is 5.26. The molecule has 2 aromatic heterocycles. The van der Waals surface area contributed by atoms with Crippen LogP contribution in [0.3, 0.4) is 0 Å². The summed E-state index contributed by atoms with van der Waals surface area (Å²) >= 11 is 6.04. The smallest absolute Gasteiger partial charge is 0.320 e. The van der Waals surface area contributed by atoms with Crippen LogP contribution in [0.5, 0.6) is 0 Å². The first-order chi connectivity index (χ1) is 14.4. The number of amides is 1. The van der Waals surface area contributed by atoms with Gasteiger partial charge in [-0.3, -0.25) is 9.36 Å². The highest BCUT2D eigenvalue weighted by molar-refractivity contribution is 6.30. The van der Waals surface area contributed by atoms with Gasteiger partial charge in [-0.15, -0.1) is 0 Å². The molecule has 0 unspecified atom stereocenters. The van der Waals surface area contributed by atoms with Gasteiger partial charge < -0.3 is 4.90 Å². The number of para-hydroxylation sites is 2. The van der Waals surface area contributed by atoms with Gasteiger partial charge >= 0.3 is 6.55 Å². The van der Waals surface area contributed by atoms with E-state index in [-0.39, 0.29) is 18.3 Å². The molecule has 0 saturated heterocycles. The Hall–Kier alpha value is -3.26. The van der Waals surface area contributed by atoms with Gasteiger partial charge in [0.1, 0.15) is 5.82 Å². The maximum Gasteiger partial charge on any atom is 0.320 e. The third kappa shape index (κ3) is 3.54. The molecule has 0 radical (unpaired) electrons. The summed E-state index contributed by atoms with van der Waals surface area (Å²) in [4.78, 5) is 18.6. The van der Waals surface area contributed by atoms with Crippen LogP contribution in [0.15, 0.2) is 54.7 Å². The molecule has 0 spiro atoms. The molecule has 2 heterocycles. The Morgan fingerprint density at radius 1 is 1.20 bits per heavy atom. The van der Waals surface area contributed by atoms with Gasteiger partial charge in [-0.1, -0.05) is 29.8 Å². The Morgan fingerprint density at radius 3 is 2.70 bits per heavy atom. The number of carbonyl (C=O) groups excluding carboxylic acids is 1. The van der Waals surface area contributed by atoms with E-state index in [1.54, 1.807) is 61.1 Å². The lowest BCUT2D eigenvalue weighted by Gasteiger charge is -2.17. The SMILES string of the molecule is Cc1c(C(=O)N(C)Cc2nc3ccccc3n2C(F)F)cnn1-c1cccc(Cl)c1. The van der Waals surface area contributed by atoms with E-state index in [0.29, 0.717) is 27.3 Å². The first-order valence-electron chi connectivity index (χ1n) is 9.17. The van der Waals surface area contributed by atoms with Crippen molar-refractivity contribution in [1.29, 1.82) is 0 Å². The maximum absolute atomic E-state index is 13.6. The molecule has 1 amide bonds. The lowest BCUT2D eigenvalue weighted by Crippen LogP contribution is -2.28. The van der Waals surface area contributed by atoms with E-state index in [1.807, 2.05) is 6.07 Å². The summed E-state index contributed by atoms with van der Waals surface area (Å²) in [5, 5.41) is 4.84. The Labute approximate surface area is 176 Å². The minimum atomic E-state index is -2.76. The number of aromatic nitrogens is 4. The fraction of sp³-hybridized carbons (Fsp3) is 0.190. The van der Waals surface area contributed by atoms with E-state index < -0.39 is 6.55 Å². The van der Waals surface area contributed by atoms with Crippen molar-refractivity contribution in [3.63, 3.8) is 0 Å². The Balaban J connectivity index is 1.63. The van der Waals surface area contributed by atoms with E-state index in [0.717, 1.165) is 10.3 Å². The van der Waals surface area contributed by atoms with E-state index in [9.17, 15) is 13.6 Å². The monoisotopic (exact) mass is 429 g/mol. The maximum atomic E-state index is 13.6. The molecule has 0 aliphatic carbocycles. The predicted octanol–water partition coefficient (Wildman–Crippen LogP) is 4.85. The minimum absolute atomic E-state index is 0.0698. The topological polar surface area (TPSA) is 56.0 Å². The van der Waals surface area contributed by atoms with Crippen LogP contribution in [0.4, 0.5) is 8.78 Å². The van der Waals surface area contributed by atoms with Crippen LogP contribution in [-0.4, -0.2) is 37.2 Å². The molecule has 30 heavy (non-hydrogen) atoms. The number of alkyl halides is 2. The number of rotatable bonds is 5. The molecule has 0 saturated carbocycles. The van der Waals surface area contributed by atoms with Crippen molar-refractivity contribution in [1.82, 2.24) is 24.2 Å². The molecule has 0 aliphatic heterocycles. The molecule has 6 nitrogen and oxygen atoms in total. The second-order valence-electron chi connectivity index (χ2n) is 6.86. The first-order valence-corrected chi connectivity index (χ1v) is 9.54. The lowest BCUT2D eigenvalue weighted by atomic mass is 10.2. The van der Waals surface area contributed by atoms with Gasteiger partial charge in [0.15, 0.2) is 0 Å². The van der Waals surface area contributed by atoms with Crippen molar-refractivity contribution in [2.75, 3.05) is 7.05 Å². The molecule has 4 aromatic rings. The molecule has 0 atom stereocenters. The third-order valence-electron chi connectivity index (χ3n) is 4.88. The van der Waals surface area contributed by atoms with Crippen molar-refractivity contribution in [3.05, 3.63) is 76.8 Å². The third-order valence-corrected chi connectivity index (χ3v) is 5.12. The molecule has 0 N–H and O–H groups in total. The molecule has 4 rings (SSSR count). The summed E-state index contributed by atoms with van der Waals surface area (Å²) in [7, 11) is 1.55. The number of imidazole rings is 1. The first kappa shape index (κ1) is 20.0. The van der Waals surface area contributed by atoms with Crippen LogP contribution >= 0.6 is 11.6 Å². The van der Waals surface area contributed by atoms with Crippen LogP contribution < -0.4 is 0 Å². The number of fused-ring (bicyclic) bond motifs is 1. The standard InChI is InChI=1S/C21H18ClF2N5O/c1-13-16(11-25-29(13)15-7-5-6-14(22)10-15)20(30)27(2)12-19-26-17-8-3-4-9-18(17)28(19)21(23)24/h3-11,21H,12H2,1-2H3. The average molecular weight is 430 g/mol. The van der Waals surface area contributed by atoms with Gasteiger partial charge in [-0.05, 0) is 37.3 Å². The number of hydrogen-bond donors (Lipinski definition) is 0. The van der Waals surface area contributed by atoms with E-state index in [2.05, 4.69) is 10.1 Å². The molecule has 0 aliphatic rings. The number of nitrogens with zero attached hydrogens (tertiary/aromatic N) is 5. The van der Waals surface area contributed by atoms with Crippen LogP contribution in [0.2, 0.25) is 5.02 Å². The average Bonchev–Trinajstić information content (AvgIpc) is 3.27. The van der Waals surface area contributed by atoms with Gasteiger partial charge in [0.05, 0.1) is 40.7 Å². The van der Waals surface area contributed by atoms with Crippen LogP contribution in [-0.2, 0) is 6.54 Å². The zero-order valence-corrected chi connectivity index (χ0v) is 17.0. The minimum Gasteiger partial charge on any atom is -0.334 e. The molecule has 0 bridgehead atoms. The number of carbonyl (C=O) groups is 1. The van der Waals surface area contributed by atoms with Crippen LogP contribution in [0.1, 0.15) is 28.4 Å². The van der Waals surface area contributed by atoms with Gasteiger partial charge in [-0.25, -0.2) is 9.67 Å². The number of halogens is 3. The molecular weight excluding hydrogens is 412 g/mol. The number of benzene rings is 2. The highest BCUT2D eigenvalue weighted by atomic mass is 35.5. The zero-order chi connectivity index (χ0) is 21.4. The molecule has 0 fully saturated rings. The molecule has 9 heteroatoms. The van der Waals surface area contributed by atoms with Crippen molar-refractivity contribution in [2.45, 2.75) is 20.0 Å². The fourth-order valence-electron chi connectivity index (χ4n) is 3.40. The summed E-state index contributed by atoms with van der Waals surface area (Å²) in [5.41, 5.74) is 2.50. The van der Waals surface area contributed by atoms with E-state index in [4.69, 9.17) is 11.6 Å². The summed E-state index contributed by atoms with van der Waals surface area (Å²) in [6.45, 7) is -1.06. The predicted molar refractivity (Wildman–Crippen MR) is 110 cm³/mol. The van der Waals surface area contributed by atoms with Gasteiger partial charge in [0.2, 0.25) is 0 Å². The van der Waals surface area contributed by atoms with Crippen molar-refractivity contribution in [3.8, 4) is 5.69 Å². The largest absolute Gasteiger partial charge is 0.334 e. The summed E-state index contributed by atoms with van der Waals surface area (Å²) in [6.07, 6.45) is 1.46. The highest BCUT2D eigenvalue weighted by Gasteiger charge is 2.23. The Bertz CT molecular complexity index is 1230. The molecule has 2 aromatic carbocycles. The Morgan fingerprint density at radius 2 is 1.97 bits per heavy atom. The summed E-state index contributed by atoms with van der Waals surface area (Å²) in [5.74, 6) is -0.226. The van der Waals surface area contributed by atoms with E-state index in [1.165, 1.54) is 11.1 Å². The van der Waals surface area contributed by atoms with E-state index >= 15 is 0 Å². The lowest BCUT2D eigenvalue weighted by molar-refractivity contribution is 0.0646. The summed E-state index contributed by atoms with van der Waals surface area (Å²) in [6, 6.07) is 13.8. The second-order valence-corrected chi connectivity index (χ2v) is 7.30. The fourth-order valence-corrected chi connectivity index (χ4v) is 3.59. The quantitative estimate of drug-likeness (QED) is 0.455. The van der Waals surface area contributed by atoms with Crippen molar-refractivity contribution < 1.29 is 13.6 Å². The van der Waals surface area contributed by atoms with Crippen molar-refractivity contribution in [2.24, 2.45) is 0 Å². The number of hydrogen-bond acceptors (Lipinski definition) is 3.